The summed E-state index contributed by atoms with van der Waals surface area (Å²) < 4.78 is 6.18. The number of benzene rings is 1. The second-order valence-electron chi connectivity index (χ2n) is 5.38. The number of hydrogen-bond acceptors (Lipinski definition) is 4. The van der Waals surface area contributed by atoms with E-state index < -0.39 is 0 Å². The van der Waals surface area contributed by atoms with Gasteiger partial charge < -0.3 is 9.72 Å². The number of nitrogens with zero attached hydrogens (tertiary/aromatic N) is 1. The van der Waals surface area contributed by atoms with Crippen LogP contribution in [-0.2, 0) is 4.74 Å². The first kappa shape index (κ1) is 16.9. The maximum absolute atomic E-state index is 12.2. The van der Waals surface area contributed by atoms with E-state index in [1.54, 1.807) is 13.1 Å². The number of aryl methyl sites for hydroxylation is 1. The molecule has 0 aliphatic heterocycles. The van der Waals surface area contributed by atoms with Crippen LogP contribution in [-0.4, -0.2) is 23.8 Å². The lowest BCUT2D eigenvalue weighted by atomic mass is 10.1. The van der Waals surface area contributed by atoms with Gasteiger partial charge in [-0.1, -0.05) is 15.9 Å². The van der Waals surface area contributed by atoms with Gasteiger partial charge in [-0.3, -0.25) is 0 Å². The molecule has 0 saturated carbocycles. The summed E-state index contributed by atoms with van der Waals surface area (Å²) in [5.74, 6) is -0.312. The number of hydrogen-bond donors (Lipinski definition) is 1. The molecule has 2 heterocycles. The van der Waals surface area contributed by atoms with Gasteiger partial charge in [0.1, 0.15) is 5.00 Å². The van der Waals surface area contributed by atoms with Crippen molar-refractivity contribution in [1.29, 1.82) is 0 Å². The molecule has 0 amide bonds. The van der Waals surface area contributed by atoms with Gasteiger partial charge in [-0.15, -0.1) is 11.3 Å². The fraction of sp³-hybridized carbons (Fsp3) is 0.222. The van der Waals surface area contributed by atoms with Gasteiger partial charge in [-0.25, -0.2) is 9.79 Å². The highest BCUT2D eigenvalue weighted by molar-refractivity contribution is 9.10. The van der Waals surface area contributed by atoms with Crippen molar-refractivity contribution in [2.45, 2.75) is 20.8 Å². The molecule has 24 heavy (non-hydrogen) atoms. The summed E-state index contributed by atoms with van der Waals surface area (Å²) in [4.78, 5) is 21.1. The molecule has 3 rings (SSSR count). The second kappa shape index (κ2) is 6.91. The maximum Gasteiger partial charge on any atom is 0.341 e. The number of carbonyl (C=O) groups excluding carboxylic acids is 1. The van der Waals surface area contributed by atoms with E-state index in [2.05, 4.69) is 25.9 Å². The maximum atomic E-state index is 12.2. The molecule has 0 aliphatic carbocycles. The Bertz CT molecular complexity index is 940. The molecule has 0 radical (unpaired) electrons. The summed E-state index contributed by atoms with van der Waals surface area (Å²) in [6, 6.07) is 6.05. The van der Waals surface area contributed by atoms with Crippen molar-refractivity contribution in [3.63, 3.8) is 0 Å². The van der Waals surface area contributed by atoms with Crippen LogP contribution in [0.3, 0.4) is 0 Å². The molecule has 3 aromatic rings. The van der Waals surface area contributed by atoms with Gasteiger partial charge in [-0.05, 0) is 44.5 Å². The first-order chi connectivity index (χ1) is 11.5. The molecule has 0 aliphatic rings. The Balaban J connectivity index is 2.01. The molecule has 0 bridgehead atoms. The fourth-order valence-corrected chi connectivity index (χ4v) is 3.84. The molecule has 1 N–H and O–H groups in total. The molecule has 0 saturated heterocycles. The number of ether oxygens (including phenoxy) is 1. The number of halogens is 1. The Kier molecular flexibility index (Phi) is 4.87. The minimum absolute atomic E-state index is 0.312. The summed E-state index contributed by atoms with van der Waals surface area (Å²) in [6.07, 6.45) is 3.71. The number of esters is 1. The summed E-state index contributed by atoms with van der Waals surface area (Å²) in [5, 5.41) is 1.77. The van der Waals surface area contributed by atoms with Gasteiger partial charge in [-0.2, -0.15) is 0 Å². The summed E-state index contributed by atoms with van der Waals surface area (Å²) in [7, 11) is 0. The highest BCUT2D eigenvalue weighted by Gasteiger charge is 2.20. The monoisotopic (exact) mass is 404 g/mol. The molecule has 6 heteroatoms. The molecular weight excluding hydrogens is 388 g/mol. The van der Waals surface area contributed by atoms with Crippen LogP contribution in [0, 0.1) is 13.8 Å². The van der Waals surface area contributed by atoms with Crippen molar-refractivity contribution in [2.75, 3.05) is 6.61 Å². The van der Waals surface area contributed by atoms with Crippen molar-refractivity contribution in [1.82, 2.24) is 4.98 Å². The van der Waals surface area contributed by atoms with Gasteiger partial charge in [0.25, 0.3) is 0 Å². The minimum Gasteiger partial charge on any atom is -0.462 e. The van der Waals surface area contributed by atoms with Crippen molar-refractivity contribution < 1.29 is 9.53 Å². The van der Waals surface area contributed by atoms with Crippen LogP contribution in [0.5, 0.6) is 0 Å². The Morgan fingerprint density at radius 2 is 2.21 bits per heavy atom. The molecule has 1 aromatic carbocycles. The lowest BCUT2D eigenvalue weighted by Crippen LogP contribution is -2.05. The standard InChI is InChI=1S/C18H17BrN2O2S/c1-4-23-18(22)16-10(2)11(3)24-17(16)21-9-12-8-20-15-6-5-13(19)7-14(12)15/h5-9,20H,4H2,1-3H3. The van der Waals surface area contributed by atoms with Crippen LogP contribution in [0.25, 0.3) is 10.9 Å². The third-order valence-corrected chi connectivity index (χ3v) is 5.45. The Hall–Kier alpha value is -1.92. The van der Waals surface area contributed by atoms with Crippen LogP contribution in [0.2, 0.25) is 0 Å². The van der Waals surface area contributed by atoms with E-state index in [0.717, 1.165) is 31.4 Å². The van der Waals surface area contributed by atoms with E-state index in [-0.39, 0.29) is 5.97 Å². The smallest absolute Gasteiger partial charge is 0.341 e. The summed E-state index contributed by atoms with van der Waals surface area (Å²) >= 11 is 5.00. The average Bonchev–Trinajstić information content (AvgIpc) is 3.06. The molecule has 4 nitrogen and oxygen atoms in total. The summed E-state index contributed by atoms with van der Waals surface area (Å²) in [6.45, 7) is 6.08. The topological polar surface area (TPSA) is 54.4 Å². The number of rotatable bonds is 4. The van der Waals surface area contributed by atoms with Crippen molar-refractivity contribution in [2.24, 2.45) is 4.99 Å². The molecule has 2 aromatic heterocycles. The van der Waals surface area contributed by atoms with Crippen molar-refractivity contribution >= 4 is 55.4 Å². The lowest BCUT2D eigenvalue weighted by Gasteiger charge is -2.02. The number of thiophene rings is 1. The van der Waals surface area contributed by atoms with Crippen LogP contribution >= 0.6 is 27.3 Å². The Morgan fingerprint density at radius 3 is 2.96 bits per heavy atom. The number of fused-ring (bicyclic) bond motifs is 1. The number of aromatic amines is 1. The van der Waals surface area contributed by atoms with E-state index in [4.69, 9.17) is 4.74 Å². The van der Waals surface area contributed by atoms with Crippen molar-refractivity contribution in [3.8, 4) is 0 Å². The first-order valence-corrected chi connectivity index (χ1v) is 9.20. The van der Waals surface area contributed by atoms with E-state index in [9.17, 15) is 4.79 Å². The minimum atomic E-state index is -0.312. The van der Waals surface area contributed by atoms with Gasteiger partial charge in [0.2, 0.25) is 0 Å². The number of aromatic nitrogens is 1. The Morgan fingerprint density at radius 1 is 1.42 bits per heavy atom. The highest BCUT2D eigenvalue weighted by atomic mass is 79.9. The van der Waals surface area contributed by atoms with Crippen molar-refractivity contribution in [3.05, 3.63) is 50.4 Å². The molecule has 0 atom stereocenters. The zero-order valence-electron chi connectivity index (χ0n) is 13.6. The molecule has 0 unspecified atom stereocenters. The molecular formula is C18H17BrN2O2S. The normalized spacial score (nSPS) is 11.5. The Labute approximate surface area is 152 Å². The average molecular weight is 405 g/mol. The van der Waals surface area contributed by atoms with E-state index in [0.29, 0.717) is 17.2 Å². The van der Waals surface area contributed by atoms with Crippen LogP contribution in [0.1, 0.15) is 33.3 Å². The third-order valence-electron chi connectivity index (χ3n) is 3.84. The van der Waals surface area contributed by atoms with Gasteiger partial charge in [0.05, 0.1) is 12.2 Å². The van der Waals surface area contributed by atoms with E-state index in [1.807, 2.05) is 38.2 Å². The van der Waals surface area contributed by atoms with E-state index >= 15 is 0 Å². The van der Waals surface area contributed by atoms with Gasteiger partial charge in [0.15, 0.2) is 0 Å². The zero-order chi connectivity index (χ0) is 17.3. The van der Waals surface area contributed by atoms with E-state index in [1.165, 1.54) is 11.3 Å². The van der Waals surface area contributed by atoms with Crippen LogP contribution in [0.4, 0.5) is 5.00 Å². The number of carbonyl (C=O) groups is 1. The van der Waals surface area contributed by atoms with Crippen LogP contribution in [0.15, 0.2) is 33.9 Å². The zero-order valence-corrected chi connectivity index (χ0v) is 16.0. The van der Waals surface area contributed by atoms with Crippen LogP contribution < -0.4 is 0 Å². The second-order valence-corrected chi connectivity index (χ2v) is 7.49. The third kappa shape index (κ3) is 3.16. The predicted octanol–water partition coefficient (Wildman–Crippen LogP) is 5.54. The number of aliphatic imine (C=N–C) groups is 1. The predicted molar refractivity (Wildman–Crippen MR) is 103 cm³/mol. The number of nitrogens with one attached hydrogen (secondary N) is 1. The first-order valence-electron chi connectivity index (χ1n) is 7.59. The highest BCUT2D eigenvalue weighted by Crippen LogP contribution is 2.35. The SMILES string of the molecule is CCOC(=O)c1c(N=Cc2c[nH]c3ccc(Br)cc23)sc(C)c1C. The summed E-state index contributed by atoms with van der Waals surface area (Å²) in [5.41, 5.74) is 3.53. The fourth-order valence-electron chi connectivity index (χ4n) is 2.49. The quantitative estimate of drug-likeness (QED) is 0.458. The molecule has 0 fully saturated rings. The van der Waals surface area contributed by atoms with Gasteiger partial charge in [0, 0.05) is 38.2 Å². The van der Waals surface area contributed by atoms with Gasteiger partial charge >= 0.3 is 5.97 Å². The largest absolute Gasteiger partial charge is 0.462 e. The molecule has 0 spiro atoms. The lowest BCUT2D eigenvalue weighted by molar-refractivity contribution is 0.0527. The number of H-pyrrole nitrogens is 1. The molecule has 124 valence electrons.